The van der Waals surface area contributed by atoms with Gasteiger partial charge >= 0.3 is 11.3 Å². The van der Waals surface area contributed by atoms with Crippen LogP contribution in [0.3, 0.4) is 0 Å². The minimum absolute atomic E-state index is 0.00416. The Morgan fingerprint density at radius 3 is 1.39 bits per heavy atom. The highest BCUT2D eigenvalue weighted by Crippen LogP contribution is 2.45. The Morgan fingerprint density at radius 1 is 0.611 bits per heavy atom. The molecule has 0 aliphatic heterocycles. The molecule has 0 spiro atoms. The lowest BCUT2D eigenvalue weighted by Crippen LogP contribution is -2.09. The first-order chi connectivity index (χ1) is 17.5. The van der Waals surface area contributed by atoms with Gasteiger partial charge in [-0.1, -0.05) is 60.7 Å². The summed E-state index contributed by atoms with van der Waals surface area (Å²) in [6.07, 6.45) is 0. The number of benzene rings is 4. The van der Waals surface area contributed by atoms with Gasteiger partial charge in [0.2, 0.25) is 11.5 Å². The number of rotatable bonds is 6. The summed E-state index contributed by atoms with van der Waals surface area (Å²) in [5.41, 5.74) is -0.158. The number of hydrogen-bond donors (Lipinski definition) is 2. The van der Waals surface area contributed by atoms with Gasteiger partial charge in [-0.3, -0.25) is 0 Å². The van der Waals surface area contributed by atoms with Gasteiger partial charge in [0, 0.05) is 10.8 Å². The predicted octanol–water partition coefficient (Wildman–Crippen LogP) is 5.06. The highest BCUT2D eigenvalue weighted by molar-refractivity contribution is 6.22. The summed E-state index contributed by atoms with van der Waals surface area (Å²) in [6.45, 7) is 0.172. The van der Waals surface area contributed by atoms with E-state index in [9.17, 15) is 19.8 Å². The minimum Gasteiger partial charge on any atom is -0.504 e. The lowest BCUT2D eigenvalue weighted by Gasteiger charge is -2.16. The van der Waals surface area contributed by atoms with Crippen LogP contribution in [0.1, 0.15) is 11.1 Å². The van der Waals surface area contributed by atoms with E-state index in [1.165, 1.54) is 12.1 Å². The van der Waals surface area contributed by atoms with Crippen LogP contribution >= 0.6 is 0 Å². The van der Waals surface area contributed by atoms with Crippen molar-refractivity contribution in [1.82, 2.24) is 0 Å². The van der Waals surface area contributed by atoms with Crippen molar-refractivity contribution in [3.8, 4) is 23.0 Å². The van der Waals surface area contributed by atoms with Gasteiger partial charge in [-0.05, 0) is 23.3 Å². The maximum Gasteiger partial charge on any atom is 0.344 e. The van der Waals surface area contributed by atoms with Crippen LogP contribution in [0.15, 0.2) is 91.2 Å². The summed E-state index contributed by atoms with van der Waals surface area (Å²) < 4.78 is 22.7. The first kappa shape index (κ1) is 21.5. The lowest BCUT2D eigenvalue weighted by atomic mass is 10.0. The standard InChI is InChI=1S/C28H18O8/c29-19-11-17-21-22-18(27(31)35-25(21)23(19)33-13-15-7-3-1-4-8-15)12-20(30)24(26(22)36-28(17)32)34-14-16-9-5-2-6-10-16/h1-12,29-30H,13-14H2. The molecule has 0 bridgehead atoms. The molecule has 6 aromatic rings. The number of hydrogen-bond acceptors (Lipinski definition) is 8. The minimum atomic E-state index is -0.803. The molecule has 0 amide bonds. The lowest BCUT2D eigenvalue weighted by molar-refractivity contribution is 0.286. The van der Waals surface area contributed by atoms with E-state index >= 15 is 0 Å². The molecule has 36 heavy (non-hydrogen) atoms. The van der Waals surface area contributed by atoms with E-state index in [2.05, 4.69) is 0 Å². The third-order valence-corrected chi connectivity index (χ3v) is 5.96. The average Bonchev–Trinajstić information content (AvgIpc) is 2.88. The van der Waals surface area contributed by atoms with E-state index < -0.39 is 11.3 Å². The molecule has 0 fully saturated rings. The van der Waals surface area contributed by atoms with Crippen LogP contribution in [-0.2, 0) is 13.2 Å². The topological polar surface area (TPSA) is 119 Å². The van der Waals surface area contributed by atoms with Gasteiger partial charge in [-0.15, -0.1) is 0 Å². The molecule has 0 atom stereocenters. The molecule has 2 heterocycles. The first-order valence-corrected chi connectivity index (χ1v) is 11.1. The SMILES string of the molecule is O=c1oc2c(OCc3ccccc3)c(O)cc3c(=O)oc4c(OCc5ccccc5)c(O)cc1c4c23. The molecule has 4 aromatic carbocycles. The van der Waals surface area contributed by atoms with Crippen molar-refractivity contribution < 1.29 is 28.5 Å². The second-order valence-electron chi connectivity index (χ2n) is 8.28. The molecule has 8 nitrogen and oxygen atoms in total. The van der Waals surface area contributed by atoms with Crippen LogP contribution in [0.5, 0.6) is 23.0 Å². The zero-order chi connectivity index (χ0) is 24.8. The van der Waals surface area contributed by atoms with E-state index in [-0.39, 0.29) is 68.9 Å². The van der Waals surface area contributed by atoms with Gasteiger partial charge in [0.15, 0.2) is 22.7 Å². The Morgan fingerprint density at radius 2 is 1.00 bits per heavy atom. The van der Waals surface area contributed by atoms with Gasteiger partial charge in [0.25, 0.3) is 0 Å². The number of phenols is 2. The first-order valence-electron chi connectivity index (χ1n) is 11.1. The molecule has 0 aliphatic carbocycles. The predicted molar refractivity (Wildman–Crippen MR) is 132 cm³/mol. The molecule has 0 saturated carbocycles. The van der Waals surface area contributed by atoms with E-state index in [1.807, 2.05) is 60.7 Å². The third kappa shape index (κ3) is 3.47. The molecular weight excluding hydrogens is 464 g/mol. The Kier molecular flexibility index (Phi) is 5.00. The largest absolute Gasteiger partial charge is 0.504 e. The molecule has 178 valence electrons. The van der Waals surface area contributed by atoms with E-state index in [0.29, 0.717) is 0 Å². The molecule has 0 unspecified atom stereocenters. The van der Waals surface area contributed by atoms with Gasteiger partial charge in [-0.2, -0.15) is 0 Å². The van der Waals surface area contributed by atoms with Crippen LogP contribution in [-0.4, -0.2) is 10.2 Å². The molecule has 2 aromatic heterocycles. The average molecular weight is 482 g/mol. The van der Waals surface area contributed by atoms with Crippen molar-refractivity contribution >= 4 is 32.7 Å². The fourth-order valence-electron chi connectivity index (χ4n) is 4.30. The normalized spacial score (nSPS) is 11.4. The Balaban J connectivity index is 1.58. The fraction of sp³-hybridized carbons (Fsp3) is 0.0714. The fourth-order valence-corrected chi connectivity index (χ4v) is 4.30. The third-order valence-electron chi connectivity index (χ3n) is 5.96. The summed E-state index contributed by atoms with van der Waals surface area (Å²) in [5, 5.41) is 21.7. The maximum atomic E-state index is 12.9. The molecular formula is C28H18O8. The molecule has 0 saturated heterocycles. The summed E-state index contributed by atoms with van der Waals surface area (Å²) in [4.78, 5) is 25.9. The Bertz CT molecular complexity index is 1700. The van der Waals surface area contributed by atoms with Crippen molar-refractivity contribution in [1.29, 1.82) is 0 Å². The molecule has 0 radical (unpaired) electrons. The second-order valence-corrected chi connectivity index (χ2v) is 8.28. The summed E-state index contributed by atoms with van der Waals surface area (Å²) in [6, 6.07) is 20.9. The number of aromatic hydroxyl groups is 2. The maximum absolute atomic E-state index is 12.9. The molecule has 2 N–H and O–H groups in total. The van der Waals surface area contributed by atoms with Crippen LogP contribution < -0.4 is 20.7 Å². The zero-order valence-electron chi connectivity index (χ0n) is 18.7. The van der Waals surface area contributed by atoms with Crippen molar-refractivity contribution in [2.45, 2.75) is 13.2 Å². The monoisotopic (exact) mass is 482 g/mol. The quantitative estimate of drug-likeness (QED) is 0.250. The molecule has 6 rings (SSSR count). The molecule has 8 heteroatoms. The highest BCUT2D eigenvalue weighted by Gasteiger charge is 2.26. The van der Waals surface area contributed by atoms with E-state index in [4.69, 9.17) is 18.3 Å². The van der Waals surface area contributed by atoms with Gasteiger partial charge in [0.05, 0.1) is 10.8 Å². The van der Waals surface area contributed by atoms with E-state index in [1.54, 1.807) is 0 Å². The van der Waals surface area contributed by atoms with Crippen LogP contribution in [0.25, 0.3) is 32.7 Å². The number of ether oxygens (including phenoxy) is 2. The summed E-state index contributed by atoms with van der Waals surface area (Å²) >= 11 is 0. The van der Waals surface area contributed by atoms with Crippen molar-refractivity contribution in [3.05, 3.63) is 105 Å². The van der Waals surface area contributed by atoms with E-state index in [0.717, 1.165) is 11.1 Å². The van der Waals surface area contributed by atoms with Crippen molar-refractivity contribution in [2.24, 2.45) is 0 Å². The van der Waals surface area contributed by atoms with Crippen LogP contribution in [0, 0.1) is 0 Å². The summed E-state index contributed by atoms with van der Waals surface area (Å²) in [7, 11) is 0. The Labute approximate surface area is 202 Å². The molecule has 0 aliphatic rings. The number of phenolic OH excluding ortho intramolecular Hbond substituents is 2. The smallest absolute Gasteiger partial charge is 0.344 e. The Hall–Kier alpha value is -4.98. The highest BCUT2D eigenvalue weighted by atomic mass is 16.5. The second kappa shape index (κ2) is 8.35. The van der Waals surface area contributed by atoms with Crippen molar-refractivity contribution in [2.75, 3.05) is 0 Å². The van der Waals surface area contributed by atoms with Crippen LogP contribution in [0.4, 0.5) is 0 Å². The van der Waals surface area contributed by atoms with Crippen LogP contribution in [0.2, 0.25) is 0 Å². The van der Waals surface area contributed by atoms with Crippen molar-refractivity contribution in [3.63, 3.8) is 0 Å². The summed E-state index contributed by atoms with van der Waals surface area (Å²) in [5.74, 6) is -0.930. The van der Waals surface area contributed by atoms with Gasteiger partial charge in [0.1, 0.15) is 13.2 Å². The van der Waals surface area contributed by atoms with Gasteiger partial charge < -0.3 is 28.5 Å². The van der Waals surface area contributed by atoms with Gasteiger partial charge in [-0.25, -0.2) is 9.59 Å². The zero-order valence-corrected chi connectivity index (χ0v) is 18.7.